The maximum absolute atomic E-state index is 5.40. The zero-order chi connectivity index (χ0) is 8.27. The minimum atomic E-state index is 0.276. The van der Waals surface area contributed by atoms with E-state index in [2.05, 4.69) is 10.2 Å². The molecule has 1 aromatic rings. The number of aryl methyl sites for hydroxylation is 1. The van der Waals surface area contributed by atoms with Crippen LogP contribution in [0.15, 0.2) is 6.20 Å². The summed E-state index contributed by atoms with van der Waals surface area (Å²) in [6, 6.07) is 0. The summed E-state index contributed by atoms with van der Waals surface area (Å²) in [5.41, 5.74) is 2.23. The molecule has 1 heterocycles. The van der Waals surface area contributed by atoms with Gasteiger partial charge in [-0.2, -0.15) is 5.10 Å². The molecular weight excluding hydrogens is 140 g/mol. The first-order valence-corrected chi connectivity index (χ1v) is 3.80. The molecule has 0 aromatic carbocycles. The van der Waals surface area contributed by atoms with Crippen LogP contribution < -0.4 is 0 Å². The molecule has 0 atom stereocenters. The van der Waals surface area contributed by atoms with Crippen molar-refractivity contribution in [3.63, 3.8) is 0 Å². The average molecular weight is 154 g/mol. The highest BCUT2D eigenvalue weighted by Gasteiger charge is 2.00. The molecule has 0 unspecified atom stereocenters. The van der Waals surface area contributed by atoms with Crippen molar-refractivity contribution in [3.8, 4) is 0 Å². The molecule has 11 heavy (non-hydrogen) atoms. The second-order valence-corrected chi connectivity index (χ2v) is 2.89. The Labute approximate surface area is 66.8 Å². The Morgan fingerprint density at radius 1 is 1.64 bits per heavy atom. The van der Waals surface area contributed by atoms with Gasteiger partial charge in [-0.3, -0.25) is 5.10 Å². The zero-order valence-corrected chi connectivity index (χ0v) is 7.22. The molecular formula is C8H14N2O. The van der Waals surface area contributed by atoms with Crippen LogP contribution >= 0.6 is 0 Å². The molecule has 1 N–H and O–H groups in total. The normalized spacial score (nSPS) is 10.9. The van der Waals surface area contributed by atoms with Gasteiger partial charge in [0.05, 0.1) is 24.6 Å². The summed E-state index contributed by atoms with van der Waals surface area (Å²) in [7, 11) is 0. The Morgan fingerprint density at radius 3 is 2.82 bits per heavy atom. The largest absolute Gasteiger partial charge is 0.373 e. The molecule has 1 aromatic heterocycles. The van der Waals surface area contributed by atoms with Crippen LogP contribution in [-0.4, -0.2) is 16.3 Å². The van der Waals surface area contributed by atoms with Crippen LogP contribution in [-0.2, 0) is 11.3 Å². The first kappa shape index (κ1) is 8.27. The molecule has 0 spiro atoms. The van der Waals surface area contributed by atoms with Gasteiger partial charge >= 0.3 is 0 Å². The van der Waals surface area contributed by atoms with Gasteiger partial charge in [0.25, 0.3) is 0 Å². The molecule has 0 aliphatic rings. The van der Waals surface area contributed by atoms with Crippen LogP contribution in [0.1, 0.15) is 25.1 Å². The third-order valence-electron chi connectivity index (χ3n) is 1.49. The van der Waals surface area contributed by atoms with E-state index in [0.717, 1.165) is 11.3 Å². The second kappa shape index (κ2) is 3.53. The van der Waals surface area contributed by atoms with Gasteiger partial charge in [0.1, 0.15) is 0 Å². The van der Waals surface area contributed by atoms with Gasteiger partial charge in [-0.05, 0) is 26.3 Å². The summed E-state index contributed by atoms with van der Waals surface area (Å²) in [4.78, 5) is 0. The highest BCUT2D eigenvalue weighted by atomic mass is 16.5. The minimum absolute atomic E-state index is 0.276. The third kappa shape index (κ3) is 2.35. The monoisotopic (exact) mass is 154 g/mol. The lowest BCUT2D eigenvalue weighted by Gasteiger charge is -2.05. The van der Waals surface area contributed by atoms with Gasteiger partial charge < -0.3 is 4.74 Å². The van der Waals surface area contributed by atoms with Crippen LogP contribution in [0.5, 0.6) is 0 Å². The molecule has 0 amide bonds. The number of nitrogens with zero attached hydrogens (tertiary/aromatic N) is 1. The highest BCUT2D eigenvalue weighted by molar-refractivity contribution is 5.12. The summed E-state index contributed by atoms with van der Waals surface area (Å²) in [6.45, 7) is 6.68. The van der Waals surface area contributed by atoms with Gasteiger partial charge in [-0.25, -0.2) is 0 Å². The predicted molar refractivity (Wildman–Crippen MR) is 43.2 cm³/mol. The van der Waals surface area contributed by atoms with E-state index in [9.17, 15) is 0 Å². The van der Waals surface area contributed by atoms with E-state index in [1.165, 1.54) is 0 Å². The molecule has 62 valence electrons. The van der Waals surface area contributed by atoms with E-state index in [1.54, 1.807) is 6.20 Å². The van der Waals surface area contributed by atoms with E-state index in [4.69, 9.17) is 4.74 Å². The maximum Gasteiger partial charge on any atom is 0.0888 e. The molecule has 0 saturated carbocycles. The lowest BCUT2D eigenvalue weighted by Crippen LogP contribution is -2.03. The van der Waals surface area contributed by atoms with Crippen LogP contribution in [0.3, 0.4) is 0 Å². The number of hydrogen-bond donors (Lipinski definition) is 1. The zero-order valence-electron chi connectivity index (χ0n) is 7.22. The fourth-order valence-electron chi connectivity index (χ4n) is 0.769. The van der Waals surface area contributed by atoms with Crippen molar-refractivity contribution in [1.82, 2.24) is 10.2 Å². The standard InChI is InChI=1S/C8H14N2O/c1-6(2)11-5-8-7(3)4-9-10-8/h4,6H,5H2,1-3H3,(H,9,10). The fraction of sp³-hybridized carbons (Fsp3) is 0.625. The van der Waals surface area contributed by atoms with Gasteiger partial charge in [-0.1, -0.05) is 0 Å². The number of hydrogen-bond acceptors (Lipinski definition) is 2. The fourth-order valence-corrected chi connectivity index (χ4v) is 0.769. The topological polar surface area (TPSA) is 37.9 Å². The molecule has 1 rings (SSSR count). The number of rotatable bonds is 3. The van der Waals surface area contributed by atoms with E-state index in [-0.39, 0.29) is 6.10 Å². The Hall–Kier alpha value is -0.830. The van der Waals surface area contributed by atoms with Crippen molar-refractivity contribution in [1.29, 1.82) is 0 Å². The Morgan fingerprint density at radius 2 is 2.36 bits per heavy atom. The van der Waals surface area contributed by atoms with E-state index in [1.807, 2.05) is 20.8 Å². The first-order chi connectivity index (χ1) is 5.20. The van der Waals surface area contributed by atoms with Gasteiger partial charge in [0.2, 0.25) is 0 Å². The third-order valence-corrected chi connectivity index (χ3v) is 1.49. The molecule has 0 aliphatic heterocycles. The first-order valence-electron chi connectivity index (χ1n) is 3.80. The van der Waals surface area contributed by atoms with E-state index in [0.29, 0.717) is 6.61 Å². The van der Waals surface area contributed by atoms with Crippen LogP contribution in [0.4, 0.5) is 0 Å². The molecule has 0 bridgehead atoms. The highest BCUT2D eigenvalue weighted by Crippen LogP contribution is 2.04. The SMILES string of the molecule is Cc1cn[nH]c1COC(C)C. The van der Waals surface area contributed by atoms with Crippen molar-refractivity contribution in [2.45, 2.75) is 33.5 Å². The summed E-state index contributed by atoms with van der Waals surface area (Å²) >= 11 is 0. The molecule has 0 saturated heterocycles. The lowest BCUT2D eigenvalue weighted by molar-refractivity contribution is 0.0633. The van der Waals surface area contributed by atoms with E-state index >= 15 is 0 Å². The van der Waals surface area contributed by atoms with Gasteiger partial charge in [0.15, 0.2) is 0 Å². The van der Waals surface area contributed by atoms with Crippen molar-refractivity contribution < 1.29 is 4.74 Å². The average Bonchev–Trinajstić information content (AvgIpc) is 2.31. The van der Waals surface area contributed by atoms with E-state index < -0.39 is 0 Å². The molecule has 0 fully saturated rings. The lowest BCUT2D eigenvalue weighted by atomic mass is 10.3. The summed E-state index contributed by atoms with van der Waals surface area (Å²) in [5.74, 6) is 0. The smallest absolute Gasteiger partial charge is 0.0888 e. The quantitative estimate of drug-likeness (QED) is 0.718. The number of aromatic nitrogens is 2. The van der Waals surface area contributed by atoms with Crippen LogP contribution in [0, 0.1) is 6.92 Å². The van der Waals surface area contributed by atoms with Crippen LogP contribution in [0.25, 0.3) is 0 Å². The molecule has 0 radical (unpaired) electrons. The molecule has 3 nitrogen and oxygen atoms in total. The van der Waals surface area contributed by atoms with Crippen LogP contribution in [0.2, 0.25) is 0 Å². The number of nitrogens with one attached hydrogen (secondary N) is 1. The summed E-state index contributed by atoms with van der Waals surface area (Å²) in [6.07, 6.45) is 2.08. The second-order valence-electron chi connectivity index (χ2n) is 2.89. The summed E-state index contributed by atoms with van der Waals surface area (Å²) < 4.78 is 5.40. The Kier molecular flexibility index (Phi) is 2.65. The number of aromatic amines is 1. The Bertz CT molecular complexity index is 218. The number of H-pyrrole nitrogens is 1. The van der Waals surface area contributed by atoms with Gasteiger partial charge in [-0.15, -0.1) is 0 Å². The molecule has 3 heteroatoms. The minimum Gasteiger partial charge on any atom is -0.373 e. The Balaban J connectivity index is 2.44. The van der Waals surface area contributed by atoms with Crippen molar-refractivity contribution in [2.24, 2.45) is 0 Å². The number of ether oxygens (including phenoxy) is 1. The maximum atomic E-state index is 5.40. The van der Waals surface area contributed by atoms with Crippen molar-refractivity contribution in [3.05, 3.63) is 17.5 Å². The predicted octanol–water partition coefficient (Wildman–Crippen LogP) is 1.64. The molecule has 0 aliphatic carbocycles. The van der Waals surface area contributed by atoms with Crippen molar-refractivity contribution in [2.75, 3.05) is 0 Å². The van der Waals surface area contributed by atoms with Gasteiger partial charge in [0, 0.05) is 0 Å². The summed E-state index contributed by atoms with van der Waals surface area (Å²) in [5, 5.41) is 6.78. The van der Waals surface area contributed by atoms with Crippen molar-refractivity contribution >= 4 is 0 Å².